The topological polar surface area (TPSA) is 95.0 Å². The number of rotatable bonds is 11. The maximum atomic E-state index is 11.7. The monoisotopic (exact) mass is 566 g/mol. The first kappa shape index (κ1) is 26.9. The van der Waals surface area contributed by atoms with Crippen molar-refractivity contribution in [2.75, 3.05) is 26.2 Å². The van der Waals surface area contributed by atoms with Crippen LogP contribution in [0.4, 0.5) is 0 Å². The standard InChI is InChI=1S/C25H34N4O3.HI/c1-3-26-24(28-18-25(2,31)20-7-5-4-6-8-20)27-16-15-19-9-13-22(14-10-19)32-17-23(30)29-21-11-12-21;/h4-10,13-14,21,31H,3,11-12,15-18H2,1-2H3,(H,29,30)(H2,26,27,28);1H. The summed E-state index contributed by atoms with van der Waals surface area (Å²) in [7, 11) is 0. The minimum Gasteiger partial charge on any atom is -0.484 e. The van der Waals surface area contributed by atoms with Crippen LogP contribution in [-0.2, 0) is 16.8 Å². The van der Waals surface area contributed by atoms with Crippen LogP contribution in [0.1, 0.15) is 37.8 Å². The van der Waals surface area contributed by atoms with Crippen molar-refractivity contribution in [2.24, 2.45) is 4.99 Å². The number of guanidine groups is 1. The largest absolute Gasteiger partial charge is 0.484 e. The normalized spacial score (nSPS) is 15.1. The lowest BCUT2D eigenvalue weighted by Gasteiger charge is -2.22. The summed E-state index contributed by atoms with van der Waals surface area (Å²) >= 11 is 0. The zero-order chi connectivity index (χ0) is 22.8. The number of carbonyl (C=O) groups is 1. The van der Waals surface area contributed by atoms with E-state index in [1.54, 1.807) is 6.92 Å². The predicted molar refractivity (Wildman–Crippen MR) is 142 cm³/mol. The Morgan fingerprint density at radius 1 is 1.12 bits per heavy atom. The highest BCUT2D eigenvalue weighted by atomic mass is 127. The lowest BCUT2D eigenvalue weighted by Crippen LogP contribution is -2.39. The Balaban J connectivity index is 0.00000385. The van der Waals surface area contributed by atoms with E-state index in [2.05, 4.69) is 20.9 Å². The van der Waals surface area contributed by atoms with Gasteiger partial charge in [0.1, 0.15) is 11.4 Å². The molecule has 1 aliphatic rings. The third-order valence-corrected chi connectivity index (χ3v) is 5.23. The molecule has 1 unspecified atom stereocenters. The lowest BCUT2D eigenvalue weighted by molar-refractivity contribution is -0.123. The van der Waals surface area contributed by atoms with Gasteiger partial charge in [0.2, 0.25) is 0 Å². The molecule has 1 saturated carbocycles. The molecule has 1 atom stereocenters. The van der Waals surface area contributed by atoms with E-state index in [0.717, 1.165) is 36.9 Å². The molecule has 0 saturated heterocycles. The van der Waals surface area contributed by atoms with Gasteiger partial charge in [-0.15, -0.1) is 24.0 Å². The van der Waals surface area contributed by atoms with Gasteiger partial charge in [0, 0.05) is 19.1 Å². The molecule has 2 aromatic rings. The summed E-state index contributed by atoms with van der Waals surface area (Å²) in [5, 5.41) is 20.2. The Bertz CT molecular complexity index is 884. The molecule has 0 aliphatic heterocycles. The molecule has 8 heteroatoms. The number of hydrogen-bond donors (Lipinski definition) is 4. The van der Waals surface area contributed by atoms with Gasteiger partial charge in [-0.25, -0.2) is 4.99 Å². The summed E-state index contributed by atoms with van der Waals surface area (Å²) < 4.78 is 5.55. The van der Waals surface area contributed by atoms with Crippen LogP contribution in [0, 0.1) is 0 Å². The number of nitrogens with one attached hydrogen (secondary N) is 3. The number of aliphatic hydroxyl groups is 1. The third-order valence-electron chi connectivity index (χ3n) is 5.23. The Morgan fingerprint density at radius 3 is 2.45 bits per heavy atom. The van der Waals surface area contributed by atoms with Crippen LogP contribution < -0.4 is 20.7 Å². The van der Waals surface area contributed by atoms with Gasteiger partial charge in [-0.3, -0.25) is 4.79 Å². The Labute approximate surface area is 213 Å². The van der Waals surface area contributed by atoms with E-state index in [9.17, 15) is 9.90 Å². The van der Waals surface area contributed by atoms with Crippen LogP contribution in [0.3, 0.4) is 0 Å². The molecule has 7 nitrogen and oxygen atoms in total. The molecule has 0 heterocycles. The molecule has 0 radical (unpaired) electrons. The van der Waals surface area contributed by atoms with Crippen LogP contribution in [0.15, 0.2) is 59.6 Å². The molecule has 4 N–H and O–H groups in total. The fraction of sp³-hybridized carbons (Fsp3) is 0.440. The van der Waals surface area contributed by atoms with Gasteiger partial charge >= 0.3 is 0 Å². The quantitative estimate of drug-likeness (QED) is 0.191. The molecule has 3 rings (SSSR count). The molecule has 1 fully saturated rings. The van der Waals surface area contributed by atoms with Gasteiger partial charge in [0.25, 0.3) is 5.91 Å². The average Bonchev–Trinajstić information content (AvgIpc) is 3.61. The Hall–Kier alpha value is -2.33. The first-order valence-corrected chi connectivity index (χ1v) is 11.3. The SMILES string of the molecule is CCNC(=NCC(C)(O)c1ccccc1)NCCc1ccc(OCC(=O)NC2CC2)cc1.I. The van der Waals surface area contributed by atoms with Crippen molar-refractivity contribution in [3.8, 4) is 5.75 Å². The van der Waals surface area contributed by atoms with Gasteiger partial charge in [-0.05, 0) is 56.4 Å². The van der Waals surface area contributed by atoms with Crippen molar-refractivity contribution in [3.05, 3.63) is 65.7 Å². The van der Waals surface area contributed by atoms with Crippen LogP contribution in [-0.4, -0.2) is 49.3 Å². The van der Waals surface area contributed by atoms with Crippen molar-refractivity contribution >= 4 is 35.8 Å². The molecular weight excluding hydrogens is 531 g/mol. The van der Waals surface area contributed by atoms with E-state index in [4.69, 9.17) is 4.74 Å². The Morgan fingerprint density at radius 2 is 1.82 bits per heavy atom. The fourth-order valence-corrected chi connectivity index (χ4v) is 3.19. The Kier molecular flexibility index (Phi) is 10.9. The van der Waals surface area contributed by atoms with E-state index in [1.165, 1.54) is 0 Å². The average molecular weight is 566 g/mol. The van der Waals surface area contributed by atoms with E-state index in [0.29, 0.717) is 24.3 Å². The summed E-state index contributed by atoms with van der Waals surface area (Å²) in [6, 6.07) is 17.7. The van der Waals surface area contributed by atoms with Crippen molar-refractivity contribution in [2.45, 2.75) is 44.8 Å². The number of hydrogen-bond acceptors (Lipinski definition) is 4. The highest BCUT2D eigenvalue weighted by Gasteiger charge is 2.23. The van der Waals surface area contributed by atoms with Gasteiger partial charge in [0.15, 0.2) is 12.6 Å². The summed E-state index contributed by atoms with van der Waals surface area (Å²) in [6.07, 6.45) is 2.95. The van der Waals surface area contributed by atoms with Crippen molar-refractivity contribution < 1.29 is 14.6 Å². The number of carbonyl (C=O) groups excluding carboxylic acids is 1. The van der Waals surface area contributed by atoms with Crippen molar-refractivity contribution in [1.29, 1.82) is 0 Å². The number of amides is 1. The molecule has 0 aromatic heterocycles. The van der Waals surface area contributed by atoms with Gasteiger partial charge in [-0.2, -0.15) is 0 Å². The van der Waals surface area contributed by atoms with Gasteiger partial charge in [0.05, 0.1) is 6.54 Å². The lowest BCUT2D eigenvalue weighted by atomic mass is 9.96. The first-order chi connectivity index (χ1) is 15.5. The maximum absolute atomic E-state index is 11.7. The summed E-state index contributed by atoms with van der Waals surface area (Å²) in [4.78, 5) is 16.3. The van der Waals surface area contributed by atoms with Crippen LogP contribution >= 0.6 is 24.0 Å². The smallest absolute Gasteiger partial charge is 0.258 e. The second-order valence-corrected chi connectivity index (χ2v) is 8.29. The van der Waals surface area contributed by atoms with Crippen LogP contribution in [0.25, 0.3) is 0 Å². The zero-order valence-corrected chi connectivity index (χ0v) is 21.7. The van der Waals surface area contributed by atoms with E-state index < -0.39 is 5.60 Å². The number of aliphatic imine (C=N–C) groups is 1. The maximum Gasteiger partial charge on any atom is 0.258 e. The molecular formula is C25H35IN4O3. The minimum atomic E-state index is -1.03. The van der Waals surface area contributed by atoms with Crippen molar-refractivity contribution in [3.63, 3.8) is 0 Å². The minimum absolute atomic E-state index is 0. The molecule has 33 heavy (non-hydrogen) atoms. The highest BCUT2D eigenvalue weighted by molar-refractivity contribution is 14.0. The molecule has 1 amide bonds. The molecule has 0 bridgehead atoms. The molecule has 1 aliphatic carbocycles. The number of halogens is 1. The van der Waals surface area contributed by atoms with Gasteiger partial charge in [-0.1, -0.05) is 42.5 Å². The molecule has 2 aromatic carbocycles. The molecule has 0 spiro atoms. The first-order valence-electron chi connectivity index (χ1n) is 11.3. The third kappa shape index (κ3) is 9.59. The van der Waals surface area contributed by atoms with E-state index in [-0.39, 0.29) is 43.0 Å². The predicted octanol–water partition coefficient (Wildman–Crippen LogP) is 2.97. The van der Waals surface area contributed by atoms with E-state index >= 15 is 0 Å². The van der Waals surface area contributed by atoms with Crippen LogP contribution in [0.5, 0.6) is 5.75 Å². The zero-order valence-electron chi connectivity index (χ0n) is 19.3. The van der Waals surface area contributed by atoms with Crippen LogP contribution in [0.2, 0.25) is 0 Å². The van der Waals surface area contributed by atoms with Crippen molar-refractivity contribution in [1.82, 2.24) is 16.0 Å². The second kappa shape index (κ2) is 13.4. The number of ether oxygens (including phenoxy) is 1. The summed E-state index contributed by atoms with van der Waals surface area (Å²) in [5.41, 5.74) is 0.959. The number of nitrogens with zero attached hydrogens (tertiary/aromatic N) is 1. The fourth-order valence-electron chi connectivity index (χ4n) is 3.19. The second-order valence-electron chi connectivity index (χ2n) is 8.29. The molecule has 180 valence electrons. The summed E-state index contributed by atoms with van der Waals surface area (Å²) in [6.45, 7) is 5.52. The van der Waals surface area contributed by atoms with E-state index in [1.807, 2.05) is 61.5 Å². The van der Waals surface area contributed by atoms with Gasteiger partial charge < -0.3 is 25.8 Å². The highest BCUT2D eigenvalue weighted by Crippen LogP contribution is 2.20. The summed E-state index contributed by atoms with van der Waals surface area (Å²) in [5.74, 6) is 1.29. The number of benzene rings is 2.